The second kappa shape index (κ2) is 10.2. The molecule has 0 saturated heterocycles. The van der Waals surface area contributed by atoms with Gasteiger partial charge in [-0.2, -0.15) is 0 Å². The summed E-state index contributed by atoms with van der Waals surface area (Å²) in [6, 6.07) is 10.4. The maximum atomic E-state index is 14.0. The summed E-state index contributed by atoms with van der Waals surface area (Å²) in [4.78, 5) is 27.9. The lowest BCUT2D eigenvalue weighted by atomic mass is 9.84. The average molecular weight is 439 g/mol. The average Bonchev–Trinajstić information content (AvgIpc) is 2.71. The standard InChI is InChI=1S/C28H39O2P/c1-10-20(6)31(27(30)25-21(11-2)14-13-15-22(25)12-3)26(29)24-18(4)16-23(17-19(24)5)28(7,8)9/h13-17,20H,10-12H2,1-9H3. The molecule has 2 rings (SSSR count). The van der Waals surface area contributed by atoms with E-state index in [1.807, 2.05) is 32.0 Å². The Labute approximate surface area is 190 Å². The van der Waals surface area contributed by atoms with E-state index in [0.29, 0.717) is 0 Å². The van der Waals surface area contributed by atoms with Crippen molar-refractivity contribution in [3.05, 3.63) is 69.3 Å². The fourth-order valence-electron chi connectivity index (χ4n) is 4.17. The van der Waals surface area contributed by atoms with Crippen molar-refractivity contribution in [1.82, 2.24) is 0 Å². The molecular formula is C28H39O2P. The summed E-state index contributed by atoms with van der Waals surface area (Å²) in [7, 11) is -1.49. The minimum absolute atomic E-state index is 0.0183. The highest BCUT2D eigenvalue weighted by molar-refractivity contribution is 7.90. The summed E-state index contributed by atoms with van der Waals surface area (Å²) >= 11 is 0. The molecule has 2 aromatic rings. The Morgan fingerprint density at radius 2 is 1.32 bits per heavy atom. The van der Waals surface area contributed by atoms with Crippen LogP contribution in [0.4, 0.5) is 0 Å². The van der Waals surface area contributed by atoms with Gasteiger partial charge in [-0.3, -0.25) is 9.59 Å². The molecule has 0 spiro atoms. The molecule has 0 N–H and O–H groups in total. The Bertz CT molecular complexity index is 920. The van der Waals surface area contributed by atoms with Gasteiger partial charge in [0.1, 0.15) is 0 Å². The molecule has 0 aliphatic carbocycles. The number of hydrogen-bond donors (Lipinski definition) is 0. The van der Waals surface area contributed by atoms with Crippen molar-refractivity contribution in [2.75, 3.05) is 0 Å². The fraction of sp³-hybridized carbons (Fsp3) is 0.500. The van der Waals surface area contributed by atoms with Gasteiger partial charge in [0, 0.05) is 19.0 Å². The van der Waals surface area contributed by atoms with Gasteiger partial charge in [0.05, 0.1) is 0 Å². The molecule has 0 heterocycles. The Balaban J connectivity index is 2.65. The number of benzene rings is 2. The smallest absolute Gasteiger partial charge is 0.192 e. The van der Waals surface area contributed by atoms with E-state index in [1.165, 1.54) is 5.56 Å². The molecule has 0 aliphatic rings. The van der Waals surface area contributed by atoms with Crippen LogP contribution in [0.5, 0.6) is 0 Å². The van der Waals surface area contributed by atoms with Gasteiger partial charge in [0.15, 0.2) is 11.0 Å². The van der Waals surface area contributed by atoms with Crippen LogP contribution in [0.3, 0.4) is 0 Å². The van der Waals surface area contributed by atoms with Crippen LogP contribution >= 0.6 is 7.92 Å². The van der Waals surface area contributed by atoms with Crippen molar-refractivity contribution in [3.63, 3.8) is 0 Å². The summed E-state index contributed by atoms with van der Waals surface area (Å²) in [6.07, 6.45) is 2.41. The number of carbonyl (C=O) groups excluding carboxylic acids is 2. The monoisotopic (exact) mass is 438 g/mol. The van der Waals surface area contributed by atoms with Gasteiger partial charge < -0.3 is 0 Å². The van der Waals surface area contributed by atoms with Crippen LogP contribution < -0.4 is 0 Å². The number of aryl methyl sites for hydroxylation is 4. The summed E-state index contributed by atoms with van der Waals surface area (Å²) in [5.74, 6) is 0. The largest absolute Gasteiger partial charge is 0.289 e. The second-order valence-electron chi connectivity index (χ2n) is 9.63. The van der Waals surface area contributed by atoms with Gasteiger partial charge in [-0.05, 0) is 72.0 Å². The highest BCUT2D eigenvalue weighted by Gasteiger charge is 2.36. The highest BCUT2D eigenvalue weighted by Crippen LogP contribution is 2.51. The summed E-state index contributed by atoms with van der Waals surface area (Å²) in [5, 5.41) is 0. The quantitative estimate of drug-likeness (QED) is 0.391. The van der Waals surface area contributed by atoms with Crippen molar-refractivity contribution in [2.45, 2.75) is 92.7 Å². The van der Waals surface area contributed by atoms with Gasteiger partial charge in [-0.25, -0.2) is 0 Å². The third-order valence-corrected chi connectivity index (χ3v) is 8.86. The molecule has 3 heteroatoms. The van der Waals surface area contributed by atoms with Gasteiger partial charge in [0.25, 0.3) is 0 Å². The maximum absolute atomic E-state index is 14.0. The Morgan fingerprint density at radius 3 is 1.71 bits per heavy atom. The minimum atomic E-state index is -1.49. The predicted molar refractivity (Wildman–Crippen MR) is 135 cm³/mol. The zero-order valence-electron chi connectivity index (χ0n) is 20.8. The first-order valence-electron chi connectivity index (χ1n) is 11.6. The first kappa shape index (κ1) is 25.5. The zero-order valence-corrected chi connectivity index (χ0v) is 21.7. The van der Waals surface area contributed by atoms with Crippen LogP contribution in [-0.2, 0) is 18.3 Å². The van der Waals surface area contributed by atoms with E-state index < -0.39 is 7.92 Å². The minimum Gasteiger partial charge on any atom is -0.289 e. The molecule has 168 valence electrons. The van der Waals surface area contributed by atoms with Crippen molar-refractivity contribution >= 4 is 19.0 Å². The molecule has 2 aromatic carbocycles. The van der Waals surface area contributed by atoms with E-state index in [1.54, 1.807) is 0 Å². The van der Waals surface area contributed by atoms with E-state index in [0.717, 1.165) is 52.6 Å². The van der Waals surface area contributed by atoms with E-state index in [4.69, 9.17) is 0 Å². The number of carbonyl (C=O) groups is 2. The van der Waals surface area contributed by atoms with Crippen LogP contribution in [-0.4, -0.2) is 16.7 Å². The predicted octanol–water partition coefficient (Wildman–Crippen LogP) is 7.99. The van der Waals surface area contributed by atoms with Crippen LogP contribution in [0, 0.1) is 13.8 Å². The van der Waals surface area contributed by atoms with Crippen LogP contribution in [0.1, 0.15) is 103 Å². The van der Waals surface area contributed by atoms with Crippen LogP contribution in [0.2, 0.25) is 0 Å². The Kier molecular flexibility index (Phi) is 8.40. The van der Waals surface area contributed by atoms with Gasteiger partial charge >= 0.3 is 0 Å². The molecule has 0 amide bonds. The normalized spacial score (nSPS) is 13.7. The molecule has 0 fully saturated rings. The Hall–Kier alpha value is -1.79. The first-order valence-corrected chi connectivity index (χ1v) is 13.0. The van der Waals surface area contributed by atoms with Gasteiger partial charge in [0.2, 0.25) is 0 Å². The third kappa shape index (κ3) is 5.35. The molecule has 0 radical (unpaired) electrons. The van der Waals surface area contributed by atoms with Crippen molar-refractivity contribution in [1.29, 1.82) is 0 Å². The molecule has 0 bridgehead atoms. The van der Waals surface area contributed by atoms with Gasteiger partial charge in [-0.15, -0.1) is 0 Å². The highest BCUT2D eigenvalue weighted by atomic mass is 31.1. The lowest BCUT2D eigenvalue weighted by Crippen LogP contribution is -2.19. The Morgan fingerprint density at radius 1 is 0.871 bits per heavy atom. The number of hydrogen-bond acceptors (Lipinski definition) is 2. The van der Waals surface area contributed by atoms with Crippen molar-refractivity contribution < 1.29 is 9.59 Å². The van der Waals surface area contributed by atoms with E-state index in [-0.39, 0.29) is 22.1 Å². The van der Waals surface area contributed by atoms with Crippen molar-refractivity contribution in [3.8, 4) is 0 Å². The molecule has 0 saturated carbocycles. The topological polar surface area (TPSA) is 34.1 Å². The summed E-state index contributed by atoms with van der Waals surface area (Å²) < 4.78 is 0. The van der Waals surface area contributed by atoms with Crippen molar-refractivity contribution in [2.24, 2.45) is 0 Å². The fourth-order valence-corrected chi connectivity index (χ4v) is 6.64. The summed E-state index contributed by atoms with van der Waals surface area (Å²) in [5.41, 5.74) is 7.03. The number of rotatable bonds is 8. The molecule has 0 aliphatic heterocycles. The van der Waals surface area contributed by atoms with E-state index in [2.05, 4.69) is 60.6 Å². The van der Waals surface area contributed by atoms with Gasteiger partial charge in [-0.1, -0.05) is 78.8 Å². The molecule has 0 aromatic heterocycles. The summed E-state index contributed by atoms with van der Waals surface area (Å²) in [6.45, 7) is 18.9. The SMILES string of the molecule is CCc1cccc(CC)c1C(=O)P(C(=O)c1c(C)cc(C(C)(C)C)cc1C)C(C)CC. The molecule has 31 heavy (non-hydrogen) atoms. The maximum Gasteiger partial charge on any atom is 0.192 e. The lowest BCUT2D eigenvalue weighted by molar-refractivity contribution is 0.104. The molecular weight excluding hydrogens is 399 g/mol. The third-order valence-electron chi connectivity index (χ3n) is 6.29. The molecule has 2 unspecified atom stereocenters. The van der Waals surface area contributed by atoms with E-state index in [9.17, 15) is 9.59 Å². The first-order chi connectivity index (χ1) is 14.5. The lowest BCUT2D eigenvalue weighted by Gasteiger charge is -2.26. The molecule has 2 nitrogen and oxygen atoms in total. The molecule has 2 atom stereocenters. The van der Waals surface area contributed by atoms with E-state index >= 15 is 0 Å². The second-order valence-corrected chi connectivity index (χ2v) is 12.1. The van der Waals surface area contributed by atoms with Crippen LogP contribution in [0.25, 0.3) is 0 Å². The van der Waals surface area contributed by atoms with Crippen LogP contribution in [0.15, 0.2) is 30.3 Å². The zero-order chi connectivity index (χ0) is 23.5.